The summed E-state index contributed by atoms with van der Waals surface area (Å²) < 4.78 is 0. The summed E-state index contributed by atoms with van der Waals surface area (Å²) in [6.07, 6.45) is 5.83. The molecule has 0 radical (unpaired) electrons. The third kappa shape index (κ3) is 2.43. The number of rotatable bonds is 2. The number of aromatic nitrogens is 2. The second-order valence-electron chi connectivity index (χ2n) is 5.15. The van der Waals surface area contributed by atoms with Crippen LogP contribution in [-0.2, 0) is 0 Å². The molecule has 116 valence electrons. The maximum atomic E-state index is 6.39. The molecule has 0 unspecified atom stereocenters. The van der Waals surface area contributed by atoms with E-state index < -0.39 is 0 Å². The lowest BCUT2D eigenvalue weighted by atomic mass is 9.98. The molecule has 2 aliphatic heterocycles. The summed E-state index contributed by atoms with van der Waals surface area (Å²) in [6, 6.07) is 5.52. The van der Waals surface area contributed by atoms with Crippen LogP contribution in [0.1, 0.15) is 11.1 Å². The number of anilines is 1. The van der Waals surface area contributed by atoms with Crippen LogP contribution < -0.4 is 4.90 Å². The molecule has 23 heavy (non-hydrogen) atoms. The molecule has 0 N–H and O–H groups in total. The Hall–Kier alpha value is -1.56. The largest absolute Gasteiger partial charge is 0.308 e. The summed E-state index contributed by atoms with van der Waals surface area (Å²) in [5.41, 5.74) is 2.68. The van der Waals surface area contributed by atoms with Crippen molar-refractivity contribution >= 4 is 58.3 Å². The predicted octanol–water partition coefficient (Wildman–Crippen LogP) is 4.28. The van der Waals surface area contributed by atoms with E-state index in [9.17, 15) is 0 Å². The van der Waals surface area contributed by atoms with Gasteiger partial charge in [-0.2, -0.15) is 0 Å². The normalized spacial score (nSPS) is 15.9. The number of halogens is 2. The number of hydrogen-bond acceptors (Lipinski definition) is 5. The summed E-state index contributed by atoms with van der Waals surface area (Å²) in [4.78, 5) is 15.8. The minimum absolute atomic E-state index is 0.614. The SMILES string of the molecule is CSc1ncc2c(n1)N1CCN=C1C(c1c(Cl)cccc1Cl)=C2. The van der Waals surface area contributed by atoms with Crippen LogP contribution in [0.5, 0.6) is 0 Å². The van der Waals surface area contributed by atoms with Gasteiger partial charge in [-0.25, -0.2) is 9.97 Å². The van der Waals surface area contributed by atoms with E-state index in [1.54, 1.807) is 0 Å². The Balaban J connectivity index is 1.95. The molecule has 0 aliphatic carbocycles. The van der Waals surface area contributed by atoms with E-state index in [-0.39, 0.29) is 0 Å². The minimum atomic E-state index is 0.614. The number of thioether (sulfide) groups is 1. The highest BCUT2D eigenvalue weighted by molar-refractivity contribution is 7.98. The number of nitrogens with zero attached hydrogens (tertiary/aromatic N) is 4. The van der Waals surface area contributed by atoms with E-state index in [2.05, 4.69) is 19.9 Å². The average molecular weight is 363 g/mol. The quantitative estimate of drug-likeness (QED) is 0.590. The van der Waals surface area contributed by atoms with Crippen LogP contribution >= 0.6 is 35.0 Å². The van der Waals surface area contributed by atoms with Gasteiger partial charge in [-0.1, -0.05) is 41.0 Å². The van der Waals surface area contributed by atoms with Gasteiger partial charge >= 0.3 is 0 Å². The summed E-state index contributed by atoms with van der Waals surface area (Å²) in [5, 5.41) is 1.98. The topological polar surface area (TPSA) is 41.4 Å². The Labute approximate surface area is 148 Å². The first kappa shape index (κ1) is 15.0. The molecule has 0 amide bonds. The molecule has 0 atom stereocenters. The number of amidine groups is 1. The van der Waals surface area contributed by atoms with Crippen LogP contribution in [0.15, 0.2) is 34.5 Å². The lowest BCUT2D eigenvalue weighted by Crippen LogP contribution is -2.32. The van der Waals surface area contributed by atoms with Gasteiger partial charge in [0.15, 0.2) is 5.16 Å². The third-order valence-electron chi connectivity index (χ3n) is 3.83. The maximum absolute atomic E-state index is 6.39. The molecule has 0 saturated heterocycles. The molecule has 3 heterocycles. The van der Waals surface area contributed by atoms with Gasteiger partial charge in [0.1, 0.15) is 11.7 Å². The van der Waals surface area contributed by atoms with Gasteiger partial charge in [0.2, 0.25) is 0 Å². The van der Waals surface area contributed by atoms with E-state index in [0.29, 0.717) is 10.0 Å². The molecule has 0 fully saturated rings. The van der Waals surface area contributed by atoms with Crippen LogP contribution in [0.2, 0.25) is 10.0 Å². The van der Waals surface area contributed by atoms with Crippen LogP contribution in [0.3, 0.4) is 0 Å². The highest BCUT2D eigenvalue weighted by Gasteiger charge is 2.31. The number of fused-ring (bicyclic) bond motifs is 3. The number of benzene rings is 1. The summed E-state index contributed by atoms with van der Waals surface area (Å²) in [6.45, 7) is 1.53. The Morgan fingerprint density at radius 1 is 1.22 bits per heavy atom. The van der Waals surface area contributed by atoms with Crippen molar-refractivity contribution in [1.29, 1.82) is 0 Å². The van der Waals surface area contributed by atoms with E-state index in [1.807, 2.05) is 36.7 Å². The van der Waals surface area contributed by atoms with E-state index >= 15 is 0 Å². The molecule has 4 rings (SSSR count). The van der Waals surface area contributed by atoms with Gasteiger partial charge in [-0.3, -0.25) is 4.99 Å². The lowest BCUT2D eigenvalue weighted by Gasteiger charge is -2.28. The average Bonchev–Trinajstić information content (AvgIpc) is 3.04. The third-order valence-corrected chi connectivity index (χ3v) is 5.02. The van der Waals surface area contributed by atoms with Gasteiger partial charge in [-0.15, -0.1) is 0 Å². The Bertz CT molecular complexity index is 843. The molecule has 1 aromatic heterocycles. The summed E-state index contributed by atoms with van der Waals surface area (Å²) in [7, 11) is 0. The van der Waals surface area contributed by atoms with E-state index in [0.717, 1.165) is 46.6 Å². The van der Waals surface area contributed by atoms with Crippen LogP contribution in [0.4, 0.5) is 5.82 Å². The first-order chi connectivity index (χ1) is 11.2. The van der Waals surface area contributed by atoms with Gasteiger partial charge in [0.05, 0.1) is 16.6 Å². The van der Waals surface area contributed by atoms with Crippen molar-refractivity contribution in [3.63, 3.8) is 0 Å². The zero-order chi connectivity index (χ0) is 16.0. The van der Waals surface area contributed by atoms with Crippen molar-refractivity contribution in [2.75, 3.05) is 24.2 Å². The summed E-state index contributed by atoms with van der Waals surface area (Å²) >= 11 is 14.3. The molecular formula is C16H12Cl2N4S. The van der Waals surface area contributed by atoms with Gasteiger partial charge in [0, 0.05) is 29.4 Å². The molecule has 0 saturated carbocycles. The molecule has 1 aromatic carbocycles. The lowest BCUT2D eigenvalue weighted by molar-refractivity contribution is 0.918. The molecule has 0 spiro atoms. The monoisotopic (exact) mass is 362 g/mol. The van der Waals surface area contributed by atoms with Crippen LogP contribution in [0, 0.1) is 0 Å². The molecular weight excluding hydrogens is 351 g/mol. The van der Waals surface area contributed by atoms with Gasteiger partial charge in [-0.05, 0) is 24.5 Å². The Morgan fingerprint density at radius 3 is 2.74 bits per heavy atom. The van der Waals surface area contributed by atoms with Crippen molar-refractivity contribution < 1.29 is 0 Å². The zero-order valence-electron chi connectivity index (χ0n) is 12.3. The van der Waals surface area contributed by atoms with Crippen molar-refractivity contribution in [3.05, 3.63) is 45.6 Å². The fourth-order valence-electron chi connectivity index (χ4n) is 2.83. The predicted molar refractivity (Wildman–Crippen MR) is 97.8 cm³/mol. The Morgan fingerprint density at radius 2 is 2.00 bits per heavy atom. The first-order valence-electron chi connectivity index (χ1n) is 7.08. The van der Waals surface area contributed by atoms with E-state index in [1.165, 1.54) is 11.8 Å². The molecule has 7 heteroatoms. The fraction of sp³-hybridized carbons (Fsp3) is 0.188. The zero-order valence-corrected chi connectivity index (χ0v) is 14.6. The molecule has 0 bridgehead atoms. The van der Waals surface area contributed by atoms with Crippen molar-refractivity contribution in [3.8, 4) is 0 Å². The highest BCUT2D eigenvalue weighted by atomic mass is 35.5. The molecule has 2 aromatic rings. The summed E-state index contributed by atoms with van der Waals surface area (Å²) in [5.74, 6) is 1.77. The number of hydrogen-bond donors (Lipinski definition) is 0. The van der Waals surface area contributed by atoms with Gasteiger partial charge < -0.3 is 4.90 Å². The molecule has 4 nitrogen and oxygen atoms in total. The number of aliphatic imine (C=N–C) groups is 1. The Kier molecular flexibility index (Phi) is 3.79. The smallest absolute Gasteiger partial charge is 0.189 e. The second kappa shape index (κ2) is 5.82. The minimum Gasteiger partial charge on any atom is -0.308 e. The standard InChI is InChI=1S/C16H12Cl2N4S/c1-23-16-20-8-9-7-10(13-11(17)3-2-4-12(13)18)15-19-5-6-22(15)14(9)21-16/h2-4,7-8H,5-6H2,1H3. The van der Waals surface area contributed by atoms with Crippen molar-refractivity contribution in [2.24, 2.45) is 4.99 Å². The fourth-order valence-corrected chi connectivity index (χ4v) is 3.76. The van der Waals surface area contributed by atoms with Crippen LogP contribution in [-0.4, -0.2) is 35.1 Å². The van der Waals surface area contributed by atoms with Crippen LogP contribution in [0.25, 0.3) is 11.6 Å². The first-order valence-corrected chi connectivity index (χ1v) is 9.06. The van der Waals surface area contributed by atoms with E-state index in [4.69, 9.17) is 23.2 Å². The maximum Gasteiger partial charge on any atom is 0.189 e. The van der Waals surface area contributed by atoms with Crippen molar-refractivity contribution in [2.45, 2.75) is 5.16 Å². The highest BCUT2D eigenvalue weighted by Crippen LogP contribution is 2.40. The molecule has 2 aliphatic rings. The van der Waals surface area contributed by atoms with Gasteiger partial charge in [0.25, 0.3) is 0 Å². The second-order valence-corrected chi connectivity index (χ2v) is 6.74. The van der Waals surface area contributed by atoms with Crippen molar-refractivity contribution in [1.82, 2.24) is 9.97 Å².